The predicted octanol–water partition coefficient (Wildman–Crippen LogP) is 3.83. The van der Waals surface area contributed by atoms with Crippen molar-refractivity contribution < 1.29 is 19.7 Å². The Kier molecular flexibility index (Phi) is 5.39. The molecule has 31 heavy (non-hydrogen) atoms. The maximum absolute atomic E-state index is 12.4. The molecule has 0 spiro atoms. The summed E-state index contributed by atoms with van der Waals surface area (Å²) < 4.78 is 5.68. The molecule has 2 N–H and O–H groups in total. The van der Waals surface area contributed by atoms with E-state index in [1.54, 1.807) is 6.08 Å². The first-order chi connectivity index (χ1) is 15.0. The van der Waals surface area contributed by atoms with E-state index in [-0.39, 0.29) is 17.6 Å². The maximum atomic E-state index is 12.4. The highest BCUT2D eigenvalue weighted by molar-refractivity contribution is 5.98. The highest BCUT2D eigenvalue weighted by atomic mass is 16.5. The summed E-state index contributed by atoms with van der Waals surface area (Å²) in [5, 5.41) is 20.6. The molecule has 160 valence electrons. The van der Waals surface area contributed by atoms with Gasteiger partial charge in [0.05, 0.1) is 30.8 Å². The van der Waals surface area contributed by atoms with Crippen LogP contribution < -0.4 is 0 Å². The molecule has 0 aromatic heterocycles. The van der Waals surface area contributed by atoms with Gasteiger partial charge in [-0.1, -0.05) is 66.3 Å². The number of rotatable bonds is 8. The summed E-state index contributed by atoms with van der Waals surface area (Å²) in [5.41, 5.74) is 4.68. The third kappa shape index (κ3) is 4.57. The molecule has 0 aromatic carbocycles. The number of allylic oxidation sites excluding steroid dienone is 12. The van der Waals surface area contributed by atoms with E-state index >= 15 is 0 Å². The standard InChI is InChI=1S/C27H28O4/c28-25(23-14-21-3-1-2-4-24(21)26(29)15-23)8-6-18-11-20-7-5-19(13-22(20)12-18)16-31-17-27(30)9-10-27/h1-5,7,11-15,22,24-25,28,30H,6,8-10,16-17H2. The number of hydrogen-bond donors (Lipinski definition) is 2. The fourth-order valence-corrected chi connectivity index (χ4v) is 4.48. The third-order valence-corrected chi connectivity index (χ3v) is 6.58. The van der Waals surface area contributed by atoms with Gasteiger partial charge in [-0.25, -0.2) is 0 Å². The Morgan fingerprint density at radius 1 is 1.03 bits per heavy atom. The van der Waals surface area contributed by atoms with Crippen LogP contribution in [-0.2, 0) is 9.53 Å². The lowest BCUT2D eigenvalue weighted by molar-refractivity contribution is -0.116. The average molecular weight is 417 g/mol. The van der Waals surface area contributed by atoms with Crippen LogP contribution in [0.5, 0.6) is 0 Å². The van der Waals surface area contributed by atoms with Crippen LogP contribution in [0.2, 0.25) is 0 Å². The van der Waals surface area contributed by atoms with Crippen molar-refractivity contribution in [2.24, 2.45) is 11.8 Å². The third-order valence-electron chi connectivity index (χ3n) is 6.58. The topological polar surface area (TPSA) is 66.8 Å². The van der Waals surface area contributed by atoms with Gasteiger partial charge in [-0.15, -0.1) is 0 Å². The van der Waals surface area contributed by atoms with Crippen LogP contribution in [-0.4, -0.2) is 40.9 Å². The summed E-state index contributed by atoms with van der Waals surface area (Å²) in [4.78, 5) is 12.4. The molecule has 0 amide bonds. The number of hydrogen-bond acceptors (Lipinski definition) is 4. The molecule has 3 atom stereocenters. The zero-order chi connectivity index (χ0) is 21.4. The van der Waals surface area contributed by atoms with E-state index in [4.69, 9.17) is 4.74 Å². The van der Waals surface area contributed by atoms with Gasteiger partial charge in [-0.2, -0.15) is 0 Å². The van der Waals surface area contributed by atoms with E-state index in [0.717, 1.165) is 30.4 Å². The Balaban J connectivity index is 1.16. The molecule has 0 aromatic rings. The van der Waals surface area contributed by atoms with Crippen LogP contribution in [0.1, 0.15) is 25.7 Å². The summed E-state index contributed by atoms with van der Waals surface area (Å²) in [7, 11) is 0. The zero-order valence-corrected chi connectivity index (χ0v) is 17.5. The van der Waals surface area contributed by atoms with Crippen LogP contribution in [0.4, 0.5) is 0 Å². The minimum absolute atomic E-state index is 0.0409. The van der Waals surface area contributed by atoms with E-state index in [1.165, 1.54) is 11.1 Å². The Hall–Kier alpha value is -2.53. The second-order valence-corrected chi connectivity index (χ2v) is 9.17. The minimum atomic E-state index is -0.651. The van der Waals surface area contributed by atoms with E-state index in [0.29, 0.717) is 25.2 Å². The first kappa shape index (κ1) is 20.4. The van der Waals surface area contributed by atoms with Crippen molar-refractivity contribution in [2.75, 3.05) is 13.2 Å². The molecule has 4 nitrogen and oxygen atoms in total. The minimum Gasteiger partial charge on any atom is -0.388 e. The van der Waals surface area contributed by atoms with Gasteiger partial charge in [0.2, 0.25) is 0 Å². The summed E-state index contributed by atoms with van der Waals surface area (Å²) in [6.45, 7) is 0.928. The van der Waals surface area contributed by atoms with Gasteiger partial charge in [0.25, 0.3) is 0 Å². The number of carbonyl (C=O) groups excluding carboxylic acids is 1. The van der Waals surface area contributed by atoms with Gasteiger partial charge >= 0.3 is 0 Å². The van der Waals surface area contributed by atoms with Gasteiger partial charge in [-0.3, -0.25) is 4.79 Å². The fraction of sp³-hybridized carbons (Fsp3) is 0.370. The van der Waals surface area contributed by atoms with Gasteiger partial charge < -0.3 is 14.9 Å². The number of aliphatic hydroxyl groups excluding tert-OH is 1. The fourth-order valence-electron chi connectivity index (χ4n) is 4.48. The van der Waals surface area contributed by atoms with Gasteiger partial charge in [0, 0.05) is 5.92 Å². The van der Waals surface area contributed by atoms with Crippen molar-refractivity contribution in [1.29, 1.82) is 0 Å². The normalized spacial score (nSPS) is 28.2. The Bertz CT molecular complexity index is 1020. The molecular weight excluding hydrogens is 388 g/mol. The molecule has 5 aliphatic rings. The lowest BCUT2D eigenvalue weighted by Gasteiger charge is -2.22. The van der Waals surface area contributed by atoms with Crippen molar-refractivity contribution in [3.8, 4) is 0 Å². The molecule has 5 rings (SSSR count). The predicted molar refractivity (Wildman–Crippen MR) is 120 cm³/mol. The number of carbonyl (C=O) groups is 1. The van der Waals surface area contributed by atoms with E-state index in [2.05, 4.69) is 30.4 Å². The SMILES string of the molecule is O=C1C=C(C(O)CCC2=CC3C=C(COCC4(O)CC4)C=CC3=C2)C=C2C=CC=CC12. The molecule has 1 fully saturated rings. The second kappa shape index (κ2) is 8.19. The molecule has 0 saturated heterocycles. The number of fused-ring (bicyclic) bond motifs is 2. The first-order valence-electron chi connectivity index (χ1n) is 11.1. The van der Waals surface area contributed by atoms with Gasteiger partial charge in [-0.05, 0) is 54.1 Å². The number of aliphatic hydroxyl groups is 2. The first-order valence-corrected chi connectivity index (χ1v) is 11.1. The van der Waals surface area contributed by atoms with Gasteiger partial charge in [0.15, 0.2) is 5.78 Å². The molecule has 1 saturated carbocycles. The maximum Gasteiger partial charge on any atom is 0.167 e. The Morgan fingerprint density at radius 2 is 1.87 bits per heavy atom. The van der Waals surface area contributed by atoms with Crippen molar-refractivity contribution in [3.05, 3.63) is 94.7 Å². The molecule has 4 heteroatoms. The van der Waals surface area contributed by atoms with Crippen molar-refractivity contribution >= 4 is 5.78 Å². The van der Waals surface area contributed by atoms with E-state index in [9.17, 15) is 15.0 Å². The van der Waals surface area contributed by atoms with Gasteiger partial charge in [0.1, 0.15) is 0 Å². The number of ketones is 1. The van der Waals surface area contributed by atoms with Crippen LogP contribution in [0, 0.1) is 11.8 Å². The average Bonchev–Trinajstić information content (AvgIpc) is 3.36. The van der Waals surface area contributed by atoms with Crippen molar-refractivity contribution in [3.63, 3.8) is 0 Å². The molecule has 3 unspecified atom stereocenters. The molecular formula is C27H28O4. The highest BCUT2D eigenvalue weighted by Gasteiger charge is 2.40. The smallest absolute Gasteiger partial charge is 0.167 e. The van der Waals surface area contributed by atoms with Crippen molar-refractivity contribution in [1.82, 2.24) is 0 Å². The van der Waals surface area contributed by atoms with Crippen LogP contribution in [0.15, 0.2) is 94.7 Å². The molecule has 0 bridgehead atoms. The summed E-state index contributed by atoms with van der Waals surface area (Å²) >= 11 is 0. The molecule has 0 aliphatic heterocycles. The molecule has 0 heterocycles. The largest absolute Gasteiger partial charge is 0.388 e. The monoisotopic (exact) mass is 416 g/mol. The summed E-state index contributed by atoms with van der Waals surface area (Å²) in [5.74, 6) is 0.0896. The van der Waals surface area contributed by atoms with E-state index in [1.807, 2.05) is 30.4 Å². The lowest BCUT2D eigenvalue weighted by atomic mass is 9.83. The van der Waals surface area contributed by atoms with E-state index < -0.39 is 11.7 Å². The molecule has 0 radical (unpaired) electrons. The Morgan fingerprint density at radius 3 is 2.71 bits per heavy atom. The zero-order valence-electron chi connectivity index (χ0n) is 17.5. The summed E-state index contributed by atoms with van der Waals surface area (Å²) in [6.07, 6.45) is 24.4. The number of ether oxygens (including phenoxy) is 1. The quantitative estimate of drug-likeness (QED) is 0.631. The van der Waals surface area contributed by atoms with Crippen molar-refractivity contribution in [2.45, 2.75) is 37.4 Å². The van der Waals surface area contributed by atoms with Crippen LogP contribution in [0.3, 0.4) is 0 Å². The van der Waals surface area contributed by atoms with Crippen LogP contribution >= 0.6 is 0 Å². The molecule has 5 aliphatic carbocycles. The lowest BCUT2D eigenvalue weighted by Crippen LogP contribution is -2.21. The second-order valence-electron chi connectivity index (χ2n) is 9.17. The van der Waals surface area contributed by atoms with Crippen LogP contribution in [0.25, 0.3) is 0 Å². The summed E-state index contributed by atoms with van der Waals surface area (Å²) in [6, 6.07) is 0. The Labute approximate surface area is 183 Å². The highest BCUT2D eigenvalue weighted by Crippen LogP contribution is 2.36.